The second-order valence-corrected chi connectivity index (χ2v) is 24.7. The fraction of sp³-hybridized carbons (Fsp3) is 0.170. The molecule has 0 spiro atoms. The van der Waals surface area contributed by atoms with Crippen LogP contribution in [0.4, 0.5) is 32.2 Å². The van der Waals surface area contributed by atoms with Crippen molar-refractivity contribution in [3.8, 4) is 34.2 Å². The van der Waals surface area contributed by atoms with E-state index in [9.17, 15) is 14.4 Å². The number of aliphatic imine (C=N–C) groups is 1. The molecule has 3 amide bonds. The van der Waals surface area contributed by atoms with Crippen molar-refractivity contribution in [2.24, 2.45) is 22.7 Å². The summed E-state index contributed by atoms with van der Waals surface area (Å²) in [4.78, 5) is 65.1. The van der Waals surface area contributed by atoms with Crippen LogP contribution in [0.25, 0.3) is 75.5 Å². The van der Waals surface area contributed by atoms with Crippen LogP contribution in [-0.4, -0.2) is 104 Å². The number of hydrogen-bond donors (Lipinski definition) is 9. The highest BCUT2D eigenvalue weighted by molar-refractivity contribution is 7.23. The Morgan fingerprint density at radius 3 is 1.53 bits per heavy atom. The zero-order chi connectivity index (χ0) is 58.3. The van der Waals surface area contributed by atoms with Gasteiger partial charge in [-0.1, -0.05) is 135 Å². The number of carbonyl (C=O) groups is 3. The number of nitrogens with one attached hydrogen (secondary N) is 7. The minimum atomic E-state index is 0.0373. The number of fused-ring (bicyclic) bond motifs is 4. The lowest BCUT2D eigenvalue weighted by Gasteiger charge is -2.06. The Kier molecular flexibility index (Phi) is 15.3. The van der Waals surface area contributed by atoms with E-state index in [2.05, 4.69) is 91.6 Å². The summed E-state index contributed by atoms with van der Waals surface area (Å²) in [5, 5.41) is 40.6. The summed E-state index contributed by atoms with van der Waals surface area (Å²) in [6.07, 6.45) is 14.4. The van der Waals surface area contributed by atoms with Gasteiger partial charge in [0.25, 0.3) is 0 Å². The van der Waals surface area contributed by atoms with Crippen molar-refractivity contribution < 1.29 is 14.4 Å². The number of hydrogen-bond acceptors (Lipinski definition) is 20. The number of amides is 3. The number of aromatic amines is 4. The maximum absolute atomic E-state index is 12.0. The lowest BCUT2D eigenvalue weighted by molar-refractivity contribution is -0.118. The number of benzene rings is 3. The van der Waals surface area contributed by atoms with Crippen molar-refractivity contribution >= 4 is 178 Å². The predicted octanol–water partition coefficient (Wildman–Crippen LogP) is 11.7. The molecule has 0 radical (unpaired) electrons. The molecule has 25 nitrogen and oxygen atoms in total. The van der Waals surface area contributed by atoms with Crippen LogP contribution in [0.2, 0.25) is 15.1 Å². The van der Waals surface area contributed by atoms with E-state index >= 15 is 0 Å². The van der Waals surface area contributed by atoms with Crippen LogP contribution < -0.4 is 27.4 Å². The summed E-state index contributed by atoms with van der Waals surface area (Å²) >= 11 is 24.2. The number of imidazole rings is 2. The van der Waals surface area contributed by atoms with Crippen LogP contribution in [0.15, 0.2) is 103 Å². The average molecular weight is 1270 g/mol. The third-order valence-corrected chi connectivity index (χ3v) is 18.1. The van der Waals surface area contributed by atoms with E-state index in [0.717, 1.165) is 85.4 Å². The van der Waals surface area contributed by atoms with E-state index in [4.69, 9.17) is 46.3 Å². The molecule has 3 saturated carbocycles. The van der Waals surface area contributed by atoms with Crippen molar-refractivity contribution in [2.45, 2.75) is 38.5 Å². The Bertz CT molecular complexity index is 4640. The number of nitrogens with zero attached hydrogens (tertiary/aromatic N) is 13. The summed E-state index contributed by atoms with van der Waals surface area (Å²) in [6, 6.07) is 22.7. The molecule has 13 aromatic rings. The van der Waals surface area contributed by atoms with Crippen molar-refractivity contribution in [3.05, 3.63) is 118 Å². The third kappa shape index (κ3) is 12.1. The van der Waals surface area contributed by atoms with Crippen LogP contribution in [-0.2, 0) is 14.4 Å². The number of anilines is 5. The molecule has 10 aromatic heterocycles. The standard InChI is InChI=1S/C17H13ClN6OS.C15H12ClN5OS.C13H9ClN6S.C8H9N5OS/c18-11-4-2-1-3-10(11)12-7-19-8-24(12)15-13-14(22-23-15)20-17(26-13)21-16(25)9-5-6-9;16-10-4-2-1-3-9(10)7-17-12-11-13(21-20-12)18-15(23-11)19-14(22)8-5-6-8;14-8-4-2-1-3-7(8)9-5-16-6-20(9)12-10-11(18-19-12)17-13(15)21-10;9-5-4-6(13-12-5)10-8(15-4)11-7(14)3-1-2-3/h1-4,7-9H,5-6H2,(H2,20,21,22,23,25);1-4,7-8H,5-6H2,(H2,18,19,20,21,22);1-6H,(H3,15,17,18,19);3H,1-2H2,(H4,9,10,11,12,13,14). The molecule has 10 heterocycles. The molecule has 0 aliphatic heterocycles. The molecule has 32 heteroatoms. The largest absolute Gasteiger partial charge is 0.383 e. The van der Waals surface area contributed by atoms with Gasteiger partial charge in [0.15, 0.2) is 60.6 Å². The van der Waals surface area contributed by atoms with E-state index in [0.29, 0.717) is 81.5 Å². The topological polar surface area (TPSA) is 354 Å². The quantitative estimate of drug-likeness (QED) is 0.0513. The summed E-state index contributed by atoms with van der Waals surface area (Å²) in [5.74, 6) is 3.01. The molecule has 3 aliphatic carbocycles. The molecule has 0 atom stereocenters. The molecule has 0 saturated heterocycles. The Morgan fingerprint density at radius 2 is 1.00 bits per heavy atom. The zero-order valence-electron chi connectivity index (χ0n) is 43.7. The molecule has 11 N–H and O–H groups in total. The van der Waals surface area contributed by atoms with Crippen LogP contribution in [0.3, 0.4) is 0 Å². The Labute approximate surface area is 509 Å². The Morgan fingerprint density at radius 1 is 0.541 bits per heavy atom. The zero-order valence-corrected chi connectivity index (χ0v) is 49.3. The average Bonchev–Trinajstić information content (AvgIpc) is 4.02. The van der Waals surface area contributed by atoms with Gasteiger partial charge in [-0.3, -0.25) is 43.9 Å². The molecule has 3 aromatic carbocycles. The molecular weight excluding hydrogens is 1230 g/mol. The van der Waals surface area contributed by atoms with Crippen LogP contribution in [0.1, 0.15) is 44.1 Å². The van der Waals surface area contributed by atoms with Gasteiger partial charge >= 0.3 is 0 Å². The minimum absolute atomic E-state index is 0.0373. The number of halogens is 3. The van der Waals surface area contributed by atoms with Gasteiger partial charge in [0.1, 0.15) is 37.3 Å². The highest BCUT2D eigenvalue weighted by atomic mass is 35.5. The van der Waals surface area contributed by atoms with E-state index in [-0.39, 0.29) is 35.5 Å². The number of carbonyl (C=O) groups excluding carboxylic acids is 3. The lowest BCUT2D eigenvalue weighted by Crippen LogP contribution is -2.12. The second kappa shape index (κ2) is 23.6. The predicted molar refractivity (Wildman–Crippen MR) is 334 cm³/mol. The van der Waals surface area contributed by atoms with Crippen molar-refractivity contribution in [1.29, 1.82) is 0 Å². The van der Waals surface area contributed by atoms with Crippen LogP contribution >= 0.6 is 80.1 Å². The summed E-state index contributed by atoms with van der Waals surface area (Å²) in [5.41, 5.74) is 18.1. The van der Waals surface area contributed by atoms with Crippen LogP contribution in [0, 0.1) is 17.8 Å². The van der Waals surface area contributed by atoms with Gasteiger partial charge < -0.3 is 27.4 Å². The first-order valence-electron chi connectivity index (χ1n) is 26.1. The van der Waals surface area contributed by atoms with Crippen molar-refractivity contribution in [1.82, 2.24) is 79.8 Å². The van der Waals surface area contributed by atoms with E-state index in [1.54, 1.807) is 37.3 Å². The fourth-order valence-electron chi connectivity index (χ4n) is 8.46. The van der Waals surface area contributed by atoms with Gasteiger partial charge in [-0.2, -0.15) is 25.4 Å². The number of aromatic nitrogens is 16. The second-order valence-electron chi connectivity index (χ2n) is 19.4. The molecule has 85 heavy (non-hydrogen) atoms. The first kappa shape index (κ1) is 55.2. The monoisotopic (exact) mass is 1270 g/mol. The van der Waals surface area contributed by atoms with E-state index in [1.165, 1.54) is 45.3 Å². The summed E-state index contributed by atoms with van der Waals surface area (Å²) in [6.45, 7) is 0. The number of nitrogen functional groups attached to an aromatic ring is 2. The van der Waals surface area contributed by atoms with Gasteiger partial charge in [0.2, 0.25) is 17.7 Å². The highest BCUT2D eigenvalue weighted by Crippen LogP contribution is 2.39. The SMILES string of the molecule is Nc1[nH]nc2nc(NC(=O)C3CC3)sc12.Nc1nc2[nH]nc(-n3cncc3-c3ccccc3Cl)c2s1.O=C(Nc1nc2[nH]nc(-n3cncc3-c3ccccc3Cl)c2s1)C1CC1.O=C(Nc1nc2[nH]nc(N=Cc3ccccc3Cl)c2s1)C1CC1. The van der Waals surface area contributed by atoms with Gasteiger partial charge in [0, 0.05) is 55.7 Å². The maximum Gasteiger partial charge on any atom is 0.229 e. The molecule has 16 rings (SSSR count). The normalized spacial score (nSPS) is 13.8. The van der Waals surface area contributed by atoms with E-state index < -0.39 is 0 Å². The molecule has 428 valence electrons. The van der Waals surface area contributed by atoms with Crippen molar-refractivity contribution in [2.75, 3.05) is 27.4 Å². The van der Waals surface area contributed by atoms with Gasteiger partial charge in [-0.15, -0.1) is 0 Å². The molecular formula is C53H43Cl3N22O3S4. The molecule has 0 unspecified atom stereocenters. The molecule has 3 fully saturated rings. The minimum Gasteiger partial charge on any atom is -0.383 e. The van der Waals surface area contributed by atoms with Gasteiger partial charge in [-0.05, 0) is 56.7 Å². The number of rotatable bonds is 12. The van der Waals surface area contributed by atoms with Gasteiger partial charge in [-0.25, -0.2) is 29.9 Å². The van der Waals surface area contributed by atoms with Crippen molar-refractivity contribution in [3.63, 3.8) is 0 Å². The summed E-state index contributed by atoms with van der Waals surface area (Å²) in [7, 11) is 0. The molecule has 0 bridgehead atoms. The summed E-state index contributed by atoms with van der Waals surface area (Å²) < 4.78 is 7.07. The first-order valence-corrected chi connectivity index (χ1v) is 30.5. The smallest absolute Gasteiger partial charge is 0.229 e. The van der Waals surface area contributed by atoms with E-state index in [1.807, 2.05) is 75.9 Å². The third-order valence-electron chi connectivity index (χ3n) is 13.2. The number of nitrogens with two attached hydrogens (primary N) is 2. The lowest BCUT2D eigenvalue weighted by atomic mass is 10.1. The fourth-order valence-corrected chi connectivity index (χ4v) is 12.5. The van der Waals surface area contributed by atoms with Gasteiger partial charge in [0.05, 0.1) is 23.8 Å². The number of thiazole rings is 4. The Hall–Kier alpha value is -8.97. The number of H-pyrrole nitrogens is 4. The Balaban J connectivity index is 0.000000107. The first-order chi connectivity index (χ1) is 41.4. The maximum atomic E-state index is 12.0. The molecule has 3 aliphatic rings. The van der Waals surface area contributed by atoms with Crippen LogP contribution in [0.5, 0.6) is 0 Å². The highest BCUT2D eigenvalue weighted by Gasteiger charge is 2.32.